The summed E-state index contributed by atoms with van der Waals surface area (Å²) in [5, 5.41) is 17.1. The summed E-state index contributed by atoms with van der Waals surface area (Å²) in [4.78, 5) is 6.44. The molecule has 0 radical (unpaired) electrons. The summed E-state index contributed by atoms with van der Waals surface area (Å²) in [6.45, 7) is 5.28. The summed E-state index contributed by atoms with van der Waals surface area (Å²) in [6, 6.07) is 9.85. The van der Waals surface area contributed by atoms with Gasteiger partial charge in [0.2, 0.25) is 5.95 Å². The molecule has 2 aromatic rings. The number of fused-ring (bicyclic) bond motifs is 1. The highest BCUT2D eigenvalue weighted by molar-refractivity contribution is 5.74. The summed E-state index contributed by atoms with van der Waals surface area (Å²) in [5.41, 5.74) is 1.61. The van der Waals surface area contributed by atoms with Gasteiger partial charge in [-0.05, 0) is 26.0 Å². The molecule has 2 rings (SSSR count). The van der Waals surface area contributed by atoms with E-state index in [1.807, 2.05) is 43.0 Å². The van der Waals surface area contributed by atoms with Gasteiger partial charge in [-0.1, -0.05) is 12.1 Å². The van der Waals surface area contributed by atoms with Crippen molar-refractivity contribution in [3.8, 4) is 6.07 Å². The molecule has 0 aliphatic heterocycles. The van der Waals surface area contributed by atoms with Crippen molar-refractivity contribution in [1.29, 1.82) is 5.26 Å². The van der Waals surface area contributed by atoms with Gasteiger partial charge in [0.1, 0.15) is 5.52 Å². The van der Waals surface area contributed by atoms with Crippen molar-refractivity contribution in [3.05, 3.63) is 24.3 Å². The van der Waals surface area contributed by atoms with E-state index >= 15 is 0 Å². The minimum absolute atomic E-state index is 0.0555. The SMILES string of the molecule is CCN(CC(C)C#N)c1nnc2ccccc2n1. The molecule has 0 fully saturated rings. The standard InChI is InChI=1S/C13H15N5/c1-3-18(9-10(2)8-14)13-15-11-6-4-5-7-12(11)16-17-13/h4-7,10H,3,9H2,1-2H3. The van der Waals surface area contributed by atoms with E-state index < -0.39 is 0 Å². The van der Waals surface area contributed by atoms with Crippen LogP contribution in [0.3, 0.4) is 0 Å². The van der Waals surface area contributed by atoms with E-state index in [2.05, 4.69) is 21.3 Å². The lowest BCUT2D eigenvalue weighted by Gasteiger charge is -2.21. The van der Waals surface area contributed by atoms with E-state index in [-0.39, 0.29) is 5.92 Å². The number of para-hydroxylation sites is 1. The Hall–Kier alpha value is -2.22. The first-order valence-electron chi connectivity index (χ1n) is 5.98. The van der Waals surface area contributed by atoms with Crippen LogP contribution >= 0.6 is 0 Å². The first kappa shape index (κ1) is 12.2. The van der Waals surface area contributed by atoms with Gasteiger partial charge in [-0.25, -0.2) is 4.98 Å². The third-order valence-corrected chi connectivity index (χ3v) is 2.73. The van der Waals surface area contributed by atoms with Gasteiger partial charge in [-0.15, -0.1) is 10.2 Å². The third kappa shape index (κ3) is 2.54. The molecule has 0 saturated carbocycles. The maximum absolute atomic E-state index is 8.86. The largest absolute Gasteiger partial charge is 0.338 e. The summed E-state index contributed by atoms with van der Waals surface area (Å²) < 4.78 is 0. The van der Waals surface area contributed by atoms with Crippen molar-refractivity contribution in [2.45, 2.75) is 13.8 Å². The molecule has 18 heavy (non-hydrogen) atoms. The Morgan fingerprint density at radius 1 is 1.28 bits per heavy atom. The van der Waals surface area contributed by atoms with Gasteiger partial charge in [-0.2, -0.15) is 5.26 Å². The Kier molecular flexibility index (Phi) is 3.68. The second-order valence-corrected chi connectivity index (χ2v) is 4.17. The smallest absolute Gasteiger partial charge is 0.245 e. The zero-order valence-electron chi connectivity index (χ0n) is 10.5. The fourth-order valence-corrected chi connectivity index (χ4v) is 1.73. The van der Waals surface area contributed by atoms with Crippen LogP contribution in [0.15, 0.2) is 24.3 Å². The Labute approximate surface area is 106 Å². The zero-order valence-corrected chi connectivity index (χ0v) is 10.5. The summed E-state index contributed by atoms with van der Waals surface area (Å²) in [6.07, 6.45) is 0. The third-order valence-electron chi connectivity index (χ3n) is 2.73. The van der Waals surface area contributed by atoms with E-state index in [0.717, 1.165) is 17.6 Å². The molecule has 1 heterocycles. The van der Waals surface area contributed by atoms with Crippen LogP contribution in [0, 0.1) is 17.2 Å². The van der Waals surface area contributed by atoms with Gasteiger partial charge in [-0.3, -0.25) is 0 Å². The fourth-order valence-electron chi connectivity index (χ4n) is 1.73. The van der Waals surface area contributed by atoms with Crippen LogP contribution in [-0.4, -0.2) is 28.3 Å². The van der Waals surface area contributed by atoms with Gasteiger partial charge < -0.3 is 4.90 Å². The number of hydrogen-bond acceptors (Lipinski definition) is 5. The van der Waals surface area contributed by atoms with E-state index in [9.17, 15) is 0 Å². The number of nitrogens with zero attached hydrogens (tertiary/aromatic N) is 5. The first-order valence-corrected chi connectivity index (χ1v) is 5.98. The molecule has 0 spiro atoms. The average Bonchev–Trinajstić information content (AvgIpc) is 2.44. The summed E-state index contributed by atoms with van der Waals surface area (Å²) in [5.74, 6) is 0.526. The topological polar surface area (TPSA) is 65.7 Å². The van der Waals surface area contributed by atoms with Gasteiger partial charge in [0.25, 0.3) is 0 Å². The van der Waals surface area contributed by atoms with E-state index in [4.69, 9.17) is 5.26 Å². The molecule has 92 valence electrons. The van der Waals surface area contributed by atoms with Crippen molar-refractivity contribution in [3.63, 3.8) is 0 Å². The van der Waals surface area contributed by atoms with Crippen LogP contribution in [0.25, 0.3) is 11.0 Å². The number of nitriles is 1. The molecular weight excluding hydrogens is 226 g/mol. The molecule has 0 amide bonds. The van der Waals surface area contributed by atoms with Gasteiger partial charge in [0, 0.05) is 13.1 Å². The molecule has 5 heteroatoms. The minimum atomic E-state index is -0.0555. The lowest BCUT2D eigenvalue weighted by molar-refractivity contribution is 0.667. The second-order valence-electron chi connectivity index (χ2n) is 4.17. The Bertz CT molecular complexity index is 575. The predicted octanol–water partition coefficient (Wildman–Crippen LogP) is 2.01. The van der Waals surface area contributed by atoms with E-state index in [0.29, 0.717) is 12.5 Å². The van der Waals surface area contributed by atoms with Crippen molar-refractivity contribution in [2.24, 2.45) is 5.92 Å². The molecule has 1 aromatic heterocycles. The maximum atomic E-state index is 8.86. The van der Waals surface area contributed by atoms with E-state index in [1.165, 1.54) is 0 Å². The summed E-state index contributed by atoms with van der Waals surface area (Å²) >= 11 is 0. The van der Waals surface area contributed by atoms with Crippen LogP contribution in [0.5, 0.6) is 0 Å². The van der Waals surface area contributed by atoms with Gasteiger partial charge >= 0.3 is 0 Å². The Morgan fingerprint density at radius 2 is 2.00 bits per heavy atom. The molecule has 0 saturated heterocycles. The number of aromatic nitrogens is 3. The quantitative estimate of drug-likeness (QED) is 0.819. The zero-order chi connectivity index (χ0) is 13.0. The highest BCUT2D eigenvalue weighted by Gasteiger charge is 2.12. The molecule has 0 aliphatic rings. The lowest BCUT2D eigenvalue weighted by Crippen LogP contribution is -2.29. The van der Waals surface area contributed by atoms with Crippen LogP contribution in [0.1, 0.15) is 13.8 Å². The number of rotatable bonds is 4. The average molecular weight is 241 g/mol. The fraction of sp³-hybridized carbons (Fsp3) is 0.385. The molecule has 5 nitrogen and oxygen atoms in total. The molecular formula is C13H15N5. The normalized spacial score (nSPS) is 12.1. The number of benzene rings is 1. The van der Waals surface area contributed by atoms with Crippen molar-refractivity contribution < 1.29 is 0 Å². The van der Waals surface area contributed by atoms with Crippen LogP contribution in [0.4, 0.5) is 5.95 Å². The lowest BCUT2D eigenvalue weighted by atomic mass is 10.2. The molecule has 0 aliphatic carbocycles. The Balaban J connectivity index is 2.31. The van der Waals surface area contributed by atoms with Crippen molar-refractivity contribution >= 4 is 17.0 Å². The van der Waals surface area contributed by atoms with E-state index in [1.54, 1.807) is 0 Å². The minimum Gasteiger partial charge on any atom is -0.338 e. The molecule has 1 atom stereocenters. The van der Waals surface area contributed by atoms with Crippen LogP contribution < -0.4 is 4.90 Å². The maximum Gasteiger partial charge on any atom is 0.245 e. The van der Waals surface area contributed by atoms with Crippen LogP contribution in [-0.2, 0) is 0 Å². The summed E-state index contributed by atoms with van der Waals surface area (Å²) in [7, 11) is 0. The molecule has 0 bridgehead atoms. The molecule has 0 N–H and O–H groups in total. The molecule has 1 unspecified atom stereocenters. The predicted molar refractivity (Wildman–Crippen MR) is 70.0 cm³/mol. The second kappa shape index (κ2) is 5.41. The van der Waals surface area contributed by atoms with Crippen molar-refractivity contribution in [1.82, 2.24) is 15.2 Å². The first-order chi connectivity index (χ1) is 8.74. The number of anilines is 1. The highest BCUT2D eigenvalue weighted by Crippen LogP contribution is 2.13. The van der Waals surface area contributed by atoms with Gasteiger partial charge in [0.15, 0.2) is 0 Å². The highest BCUT2D eigenvalue weighted by atomic mass is 15.3. The van der Waals surface area contributed by atoms with Gasteiger partial charge in [0.05, 0.1) is 17.5 Å². The Morgan fingerprint density at radius 3 is 2.67 bits per heavy atom. The van der Waals surface area contributed by atoms with Crippen LogP contribution in [0.2, 0.25) is 0 Å². The van der Waals surface area contributed by atoms with Crippen molar-refractivity contribution in [2.75, 3.05) is 18.0 Å². The molecule has 1 aromatic carbocycles. The monoisotopic (exact) mass is 241 g/mol. The number of hydrogen-bond donors (Lipinski definition) is 0.